The van der Waals surface area contributed by atoms with E-state index in [1.165, 1.54) is 45.1 Å². The van der Waals surface area contributed by atoms with Crippen LogP contribution < -0.4 is 0 Å². The van der Waals surface area contributed by atoms with Gasteiger partial charge in [0.25, 0.3) is 0 Å². The van der Waals surface area contributed by atoms with E-state index in [4.69, 9.17) is 24.1 Å². The molecular weight excluding hydrogens is 624 g/mol. The average molecular weight is 679 g/mol. The van der Waals surface area contributed by atoms with Gasteiger partial charge in [0.1, 0.15) is 24.9 Å². The largest absolute Gasteiger partial charge is 0.478 e. The van der Waals surface area contributed by atoms with Gasteiger partial charge in [0, 0.05) is 16.7 Å². The SMILES string of the molecule is C=C[C@@](C)(O)CC/C=C(\C)C(=O)OC[C@H]1O[C@@H](O[C@](C)(C=C)CC/C=C(\C)C(=O)O)[C@H](O)[C@@H](OC(=O)/C(C)=C/CC[C@](C)(O)C=C)[C@@H]1O. The summed E-state index contributed by atoms with van der Waals surface area (Å²) in [5, 5.41) is 51.8. The van der Waals surface area contributed by atoms with Gasteiger partial charge in [0.15, 0.2) is 12.4 Å². The summed E-state index contributed by atoms with van der Waals surface area (Å²) in [5.41, 5.74) is -2.86. The third kappa shape index (κ3) is 14.0. The molecule has 1 rings (SSSR count). The zero-order valence-electron chi connectivity index (χ0n) is 29.0. The molecule has 48 heavy (non-hydrogen) atoms. The average Bonchev–Trinajstić information content (AvgIpc) is 3.02. The number of aliphatic carboxylic acids is 1. The fraction of sp³-hybridized carbons (Fsp3) is 0.583. The van der Waals surface area contributed by atoms with E-state index < -0.39 is 72.0 Å². The van der Waals surface area contributed by atoms with Crippen molar-refractivity contribution in [2.24, 2.45) is 0 Å². The second-order valence-corrected chi connectivity index (χ2v) is 12.8. The summed E-state index contributed by atoms with van der Waals surface area (Å²) in [5.74, 6) is -2.63. The maximum absolute atomic E-state index is 13.0. The van der Waals surface area contributed by atoms with Gasteiger partial charge in [0.05, 0.1) is 16.8 Å². The minimum Gasteiger partial charge on any atom is -0.478 e. The van der Waals surface area contributed by atoms with Crippen LogP contribution in [0.25, 0.3) is 0 Å². The first-order valence-corrected chi connectivity index (χ1v) is 15.9. The molecule has 12 nitrogen and oxygen atoms in total. The third-order valence-corrected chi connectivity index (χ3v) is 8.23. The molecule has 5 N–H and O–H groups in total. The molecule has 8 atom stereocenters. The molecule has 0 aliphatic carbocycles. The predicted octanol–water partition coefficient (Wildman–Crippen LogP) is 3.99. The summed E-state index contributed by atoms with van der Waals surface area (Å²) in [6, 6.07) is 0. The number of carbonyl (C=O) groups is 3. The van der Waals surface area contributed by atoms with Crippen molar-refractivity contribution in [3.63, 3.8) is 0 Å². The van der Waals surface area contributed by atoms with Crippen LogP contribution in [0, 0.1) is 0 Å². The Hall–Kier alpha value is -3.39. The van der Waals surface area contributed by atoms with Crippen LogP contribution in [0.2, 0.25) is 0 Å². The molecule has 0 bridgehead atoms. The van der Waals surface area contributed by atoms with Gasteiger partial charge < -0.3 is 44.5 Å². The zero-order chi connectivity index (χ0) is 36.9. The van der Waals surface area contributed by atoms with Crippen LogP contribution >= 0.6 is 0 Å². The van der Waals surface area contributed by atoms with Crippen molar-refractivity contribution in [2.75, 3.05) is 6.61 Å². The van der Waals surface area contributed by atoms with Gasteiger partial charge in [-0.1, -0.05) is 36.5 Å². The summed E-state index contributed by atoms with van der Waals surface area (Å²) < 4.78 is 22.9. The van der Waals surface area contributed by atoms with Crippen molar-refractivity contribution in [1.82, 2.24) is 0 Å². The molecule has 1 saturated heterocycles. The zero-order valence-corrected chi connectivity index (χ0v) is 29.0. The Bertz CT molecular complexity index is 1240. The fourth-order valence-electron chi connectivity index (χ4n) is 4.43. The summed E-state index contributed by atoms with van der Waals surface area (Å²) >= 11 is 0. The summed E-state index contributed by atoms with van der Waals surface area (Å²) in [6.07, 6.45) is 3.01. The maximum atomic E-state index is 13.0. The second-order valence-electron chi connectivity index (χ2n) is 12.8. The van der Waals surface area contributed by atoms with E-state index in [2.05, 4.69) is 19.7 Å². The lowest BCUT2D eigenvalue weighted by Crippen LogP contribution is -2.62. The molecule has 1 aliphatic heterocycles. The predicted molar refractivity (Wildman–Crippen MR) is 179 cm³/mol. The van der Waals surface area contributed by atoms with Gasteiger partial charge in [-0.3, -0.25) is 0 Å². The van der Waals surface area contributed by atoms with Crippen LogP contribution in [0.5, 0.6) is 0 Å². The van der Waals surface area contributed by atoms with Crippen LogP contribution in [0.4, 0.5) is 0 Å². The molecule has 0 spiro atoms. The number of ether oxygens (including phenoxy) is 4. The van der Waals surface area contributed by atoms with Crippen LogP contribution in [0.15, 0.2) is 72.9 Å². The molecule has 0 aromatic rings. The Balaban J connectivity index is 3.22. The summed E-state index contributed by atoms with van der Waals surface area (Å²) in [7, 11) is 0. The quantitative estimate of drug-likeness (QED) is 0.0709. The Labute approximate surface area is 283 Å². The van der Waals surface area contributed by atoms with Crippen molar-refractivity contribution >= 4 is 17.9 Å². The third-order valence-electron chi connectivity index (χ3n) is 8.23. The summed E-state index contributed by atoms with van der Waals surface area (Å²) in [6.45, 7) is 19.7. The number of aliphatic hydroxyl groups is 4. The number of rotatable bonds is 20. The molecule has 1 fully saturated rings. The molecule has 0 amide bonds. The minimum absolute atomic E-state index is 0.138. The highest BCUT2D eigenvalue weighted by molar-refractivity contribution is 5.88. The first-order valence-electron chi connectivity index (χ1n) is 15.9. The van der Waals surface area contributed by atoms with Crippen molar-refractivity contribution < 1.29 is 58.9 Å². The number of esters is 2. The van der Waals surface area contributed by atoms with Crippen molar-refractivity contribution in [1.29, 1.82) is 0 Å². The van der Waals surface area contributed by atoms with Gasteiger partial charge >= 0.3 is 17.9 Å². The molecule has 12 heteroatoms. The monoisotopic (exact) mass is 678 g/mol. The lowest BCUT2D eigenvalue weighted by atomic mass is 9.96. The fourth-order valence-corrected chi connectivity index (χ4v) is 4.43. The molecule has 0 aromatic heterocycles. The van der Waals surface area contributed by atoms with E-state index in [0.29, 0.717) is 19.3 Å². The van der Waals surface area contributed by atoms with E-state index in [1.807, 2.05) is 0 Å². The Morgan fingerprint density at radius 2 is 1.23 bits per heavy atom. The number of hydrogen-bond donors (Lipinski definition) is 5. The highest BCUT2D eigenvalue weighted by Crippen LogP contribution is 2.31. The number of aliphatic hydroxyl groups excluding tert-OH is 2. The van der Waals surface area contributed by atoms with Gasteiger partial charge in [-0.05, 0) is 80.1 Å². The van der Waals surface area contributed by atoms with E-state index in [1.54, 1.807) is 32.9 Å². The normalized spacial score (nSPS) is 25.9. The Kier molecular flexibility index (Phi) is 16.8. The first kappa shape index (κ1) is 42.6. The number of allylic oxidation sites excluding steroid dienone is 3. The van der Waals surface area contributed by atoms with Gasteiger partial charge in [-0.25, -0.2) is 14.4 Å². The highest BCUT2D eigenvalue weighted by atomic mass is 16.7. The van der Waals surface area contributed by atoms with Gasteiger partial charge in [-0.15, -0.1) is 19.7 Å². The van der Waals surface area contributed by atoms with E-state index in [0.717, 1.165) is 0 Å². The van der Waals surface area contributed by atoms with E-state index >= 15 is 0 Å². The van der Waals surface area contributed by atoms with Crippen LogP contribution in [-0.2, 0) is 33.3 Å². The smallest absolute Gasteiger partial charge is 0.333 e. The molecule has 270 valence electrons. The van der Waals surface area contributed by atoms with Crippen LogP contribution in [-0.4, -0.2) is 97.6 Å². The molecule has 1 heterocycles. The van der Waals surface area contributed by atoms with E-state index in [-0.39, 0.29) is 36.0 Å². The molecule has 0 saturated carbocycles. The van der Waals surface area contributed by atoms with Crippen molar-refractivity contribution in [3.05, 3.63) is 72.9 Å². The number of carbonyl (C=O) groups excluding carboxylic acids is 2. The molecule has 0 aromatic carbocycles. The van der Waals surface area contributed by atoms with Gasteiger partial charge in [-0.2, -0.15) is 0 Å². The van der Waals surface area contributed by atoms with Crippen LogP contribution in [0.1, 0.15) is 80.1 Å². The minimum atomic E-state index is -1.69. The second kappa shape index (κ2) is 19.0. The molecular formula is C36H54O12. The first-order chi connectivity index (χ1) is 22.2. The van der Waals surface area contributed by atoms with Crippen molar-refractivity contribution in [2.45, 2.75) is 128 Å². The number of carboxylic acid groups (broad SMARTS) is 1. The van der Waals surface area contributed by atoms with E-state index in [9.17, 15) is 34.8 Å². The molecule has 1 aliphatic rings. The topological polar surface area (TPSA) is 189 Å². The van der Waals surface area contributed by atoms with Crippen LogP contribution in [0.3, 0.4) is 0 Å². The lowest BCUT2D eigenvalue weighted by Gasteiger charge is -2.44. The lowest BCUT2D eigenvalue weighted by molar-refractivity contribution is -0.321. The highest BCUT2D eigenvalue weighted by Gasteiger charge is 2.49. The number of carboxylic acids is 1. The molecule has 0 radical (unpaired) electrons. The standard InChI is InChI=1S/C36H54O12/c1-10-34(7,43)19-13-17-24(5)31(41)45-22-26-27(37)29(47-32(42)25(6)18-14-20-35(8,44)11-2)28(38)33(46-26)48-36(9,12-3)21-15-16-23(4)30(39)40/h10-12,16-18,26-29,33,37-38,43-44H,1-3,13-15,19-22H2,4-9H3,(H,39,40)/b23-16+,24-17+,25-18+/t26-,27-,28-,29+,33+,34-,35-,36-/m1/s1. The summed E-state index contributed by atoms with van der Waals surface area (Å²) in [4.78, 5) is 36.9. The number of hydrogen-bond acceptors (Lipinski definition) is 11. The Morgan fingerprint density at radius 1 is 0.750 bits per heavy atom. The van der Waals surface area contributed by atoms with Crippen molar-refractivity contribution in [3.8, 4) is 0 Å². The van der Waals surface area contributed by atoms with Gasteiger partial charge in [0.2, 0.25) is 0 Å². The maximum Gasteiger partial charge on any atom is 0.333 e. The Morgan fingerprint density at radius 3 is 1.71 bits per heavy atom. The molecule has 0 unspecified atom stereocenters.